The Balaban J connectivity index is 1.22. The molecule has 0 radical (unpaired) electrons. The molecule has 4 heterocycles. The number of aromatic nitrogens is 1. The molecule has 2 aromatic heterocycles. The van der Waals surface area contributed by atoms with Crippen LogP contribution in [0.2, 0.25) is 0 Å². The Labute approximate surface area is 497 Å². The number of hydrogen-bond acceptors (Lipinski definition) is 3. The van der Waals surface area contributed by atoms with Crippen molar-refractivity contribution in [2.75, 3.05) is 9.80 Å². The summed E-state index contributed by atoms with van der Waals surface area (Å²) in [7, 11) is 0. The Morgan fingerprint density at radius 3 is 1.31 bits per heavy atom. The maximum absolute atomic E-state index is 7.58. The van der Waals surface area contributed by atoms with Gasteiger partial charge in [0, 0.05) is 50.1 Å². The number of hydrogen-bond donors (Lipinski definition) is 0. The molecule has 5 heteroatoms. The lowest BCUT2D eigenvalue weighted by Gasteiger charge is -2.40. The summed E-state index contributed by atoms with van der Waals surface area (Å²) in [6, 6.07) is 59.6. The van der Waals surface area contributed by atoms with Crippen molar-refractivity contribution in [2.45, 2.75) is 183 Å². The fourth-order valence-corrected chi connectivity index (χ4v) is 12.9. The van der Waals surface area contributed by atoms with Crippen molar-refractivity contribution >= 4 is 90.2 Å². The average Bonchev–Trinajstić information content (AvgIpc) is 1.71. The van der Waals surface area contributed by atoms with Crippen molar-refractivity contribution in [1.29, 1.82) is 0 Å². The van der Waals surface area contributed by atoms with Crippen LogP contribution in [0.1, 0.15) is 184 Å². The minimum Gasteiger partial charge on any atom is -0.468 e. The molecule has 0 amide bonds. The minimum absolute atomic E-state index is 0.00504. The van der Waals surface area contributed by atoms with Crippen molar-refractivity contribution in [3.63, 3.8) is 0 Å². The highest BCUT2D eigenvalue weighted by Crippen LogP contribution is 2.50. The van der Waals surface area contributed by atoms with Crippen molar-refractivity contribution in [3.8, 4) is 16.8 Å². The fraction of sp³-hybridized carbons (Fsp3) is 0.359. The van der Waals surface area contributed by atoms with E-state index in [2.05, 4.69) is 311 Å². The molecule has 0 spiro atoms. The van der Waals surface area contributed by atoms with Gasteiger partial charge in [0.05, 0.1) is 22.6 Å². The van der Waals surface area contributed by atoms with E-state index >= 15 is 0 Å². The van der Waals surface area contributed by atoms with Gasteiger partial charge in [-0.25, -0.2) is 0 Å². The Bertz CT molecular complexity index is 4120. The molecule has 0 bridgehead atoms. The average molecular weight is 1090 g/mol. The Kier molecular flexibility index (Phi) is 12.6. The van der Waals surface area contributed by atoms with Crippen LogP contribution in [-0.2, 0) is 37.9 Å². The van der Waals surface area contributed by atoms with E-state index in [-0.39, 0.29) is 44.6 Å². The zero-order valence-electron chi connectivity index (χ0n) is 53.8. The zero-order valence-corrected chi connectivity index (χ0v) is 53.8. The van der Waals surface area contributed by atoms with E-state index in [4.69, 9.17) is 4.42 Å². The molecule has 83 heavy (non-hydrogen) atoms. The number of nitrogens with zero attached hydrogens (tertiary/aromatic N) is 3. The molecule has 4 nitrogen and oxygen atoms in total. The number of fused-ring (bicyclic) bond motifs is 9. The lowest BCUT2D eigenvalue weighted by Crippen LogP contribution is -2.60. The number of rotatable bonds is 5. The van der Waals surface area contributed by atoms with Crippen LogP contribution in [-0.4, -0.2) is 11.3 Å². The molecule has 0 N–H and O–H groups in total. The highest BCUT2D eigenvalue weighted by Gasteiger charge is 2.47. The molecule has 12 rings (SSSR count). The third kappa shape index (κ3) is 9.63. The van der Waals surface area contributed by atoms with Crippen LogP contribution >= 0.6 is 0 Å². The largest absolute Gasteiger partial charge is 0.468 e. The number of furan rings is 1. The lowest BCUT2D eigenvalue weighted by atomic mass is 9.35. The van der Waals surface area contributed by atoms with Gasteiger partial charge in [-0.2, -0.15) is 0 Å². The van der Waals surface area contributed by atoms with Gasteiger partial charge in [-0.05, 0) is 178 Å². The third-order valence-electron chi connectivity index (χ3n) is 18.2. The quantitative estimate of drug-likeness (QED) is 0.161. The van der Waals surface area contributed by atoms with Gasteiger partial charge in [0.25, 0.3) is 6.71 Å². The molecular weight excluding hydrogens is 1010 g/mol. The van der Waals surface area contributed by atoms with E-state index in [0.29, 0.717) is 0 Å². The Morgan fingerprint density at radius 2 is 0.807 bits per heavy atom. The SMILES string of the molecule is CC(C)(C)c1ccc(N(c2ccc(C(C)(C)C)cc2)c2cc3c4c(c2)-n2c5ccc(C(C)(C)C)cc5c5cc(C(C)(C)C)cc(c52)B4c2oc4ccc(C(C)(C)C)cc4c2N3c2ccc(-c3cc(C(C)(C)C)cc(C(C)(C)C)c3)cc2)cc1. The summed E-state index contributed by atoms with van der Waals surface area (Å²) in [6.45, 7) is 48.6. The van der Waals surface area contributed by atoms with Crippen molar-refractivity contribution in [1.82, 2.24) is 4.57 Å². The Hall–Kier alpha value is -7.24. The van der Waals surface area contributed by atoms with Gasteiger partial charge < -0.3 is 18.8 Å². The zero-order chi connectivity index (χ0) is 59.6. The molecule has 2 aliphatic rings. The maximum atomic E-state index is 7.58. The van der Waals surface area contributed by atoms with Gasteiger partial charge in [0.2, 0.25) is 0 Å². The molecule has 0 saturated heterocycles. The molecule has 2 aliphatic heterocycles. The summed E-state index contributed by atoms with van der Waals surface area (Å²) in [4.78, 5) is 5.08. The molecule has 8 aromatic carbocycles. The summed E-state index contributed by atoms with van der Waals surface area (Å²) in [5.41, 5.74) is 26.1. The van der Waals surface area contributed by atoms with Crippen molar-refractivity contribution < 1.29 is 4.42 Å². The first-order chi connectivity index (χ1) is 38.6. The molecule has 0 saturated carbocycles. The van der Waals surface area contributed by atoms with Crippen LogP contribution in [0.5, 0.6) is 0 Å². The molecular formula is C78H88BN3O. The summed E-state index contributed by atoms with van der Waals surface area (Å²) >= 11 is 0. The first-order valence-electron chi connectivity index (χ1n) is 30.5. The maximum Gasteiger partial charge on any atom is 0.297 e. The Morgan fingerprint density at radius 1 is 0.361 bits per heavy atom. The van der Waals surface area contributed by atoms with Crippen molar-refractivity contribution in [2.24, 2.45) is 0 Å². The topological polar surface area (TPSA) is 24.6 Å². The van der Waals surface area contributed by atoms with Crippen LogP contribution < -0.4 is 26.4 Å². The number of anilines is 6. The van der Waals surface area contributed by atoms with Gasteiger partial charge in [-0.3, -0.25) is 0 Å². The minimum atomic E-state index is -0.213. The second-order valence-electron chi connectivity index (χ2n) is 31.7. The highest BCUT2D eigenvalue weighted by atomic mass is 16.3. The third-order valence-corrected chi connectivity index (χ3v) is 18.2. The lowest BCUT2D eigenvalue weighted by molar-refractivity contribution is 0.569. The van der Waals surface area contributed by atoms with E-state index in [1.165, 1.54) is 88.5 Å². The fourth-order valence-electron chi connectivity index (χ4n) is 12.9. The molecule has 0 unspecified atom stereocenters. The van der Waals surface area contributed by atoms with Crippen LogP contribution in [0.15, 0.2) is 156 Å². The second kappa shape index (κ2) is 18.6. The van der Waals surface area contributed by atoms with Crippen molar-refractivity contribution in [3.05, 3.63) is 191 Å². The van der Waals surface area contributed by atoms with E-state index in [1.54, 1.807) is 0 Å². The summed E-state index contributed by atoms with van der Waals surface area (Å²) in [5.74, 6) is 0. The highest BCUT2D eigenvalue weighted by molar-refractivity contribution is 7.00. The monoisotopic (exact) mass is 1090 g/mol. The number of benzene rings is 8. The van der Waals surface area contributed by atoms with Crippen LogP contribution in [0.25, 0.3) is 49.6 Å². The summed E-state index contributed by atoms with van der Waals surface area (Å²) in [5, 5.41) is 3.69. The van der Waals surface area contributed by atoms with Gasteiger partial charge in [0.15, 0.2) is 0 Å². The van der Waals surface area contributed by atoms with E-state index in [0.717, 1.165) is 50.8 Å². The van der Waals surface area contributed by atoms with Crippen LogP contribution in [0.3, 0.4) is 0 Å². The smallest absolute Gasteiger partial charge is 0.297 e. The molecule has 0 aliphatic carbocycles. The first-order valence-corrected chi connectivity index (χ1v) is 30.5. The predicted octanol–water partition coefficient (Wildman–Crippen LogP) is 20.4. The van der Waals surface area contributed by atoms with E-state index < -0.39 is 0 Å². The molecule has 10 aromatic rings. The summed E-state index contributed by atoms with van der Waals surface area (Å²) < 4.78 is 10.2. The van der Waals surface area contributed by atoms with Crippen LogP contribution in [0, 0.1) is 0 Å². The van der Waals surface area contributed by atoms with Gasteiger partial charge in [-0.1, -0.05) is 218 Å². The van der Waals surface area contributed by atoms with Crippen LogP contribution in [0.4, 0.5) is 34.1 Å². The molecule has 0 fully saturated rings. The van der Waals surface area contributed by atoms with E-state index in [9.17, 15) is 0 Å². The van der Waals surface area contributed by atoms with Gasteiger partial charge >= 0.3 is 0 Å². The summed E-state index contributed by atoms with van der Waals surface area (Å²) in [6.07, 6.45) is 0. The van der Waals surface area contributed by atoms with Gasteiger partial charge in [-0.15, -0.1) is 0 Å². The van der Waals surface area contributed by atoms with Gasteiger partial charge in [0.1, 0.15) is 5.58 Å². The molecule has 424 valence electrons. The second-order valence-corrected chi connectivity index (χ2v) is 31.7. The predicted molar refractivity (Wildman–Crippen MR) is 361 cm³/mol. The standard InChI is InChI=1S/C78H88BN3O/c1-72(2,3)49-24-32-56(33-25-49)80(57-34-26-50(27-35-57)73(4,5)6)59-45-65-68-66(46-59)82-64-36-28-51(74(7,8)9)41-60(64)61-43-55(78(19,20)21)44-63(69(61)82)79(68)71-70(62-42-52(75(10,11)12)29-37-67(62)83-71)81(65)58-30-22-47(23-31-58)48-38-53(76(13,14)15)40-54(39-48)77(16,17)18/h22-46H,1-21H3. The van der Waals surface area contributed by atoms with E-state index in [1.807, 2.05) is 0 Å². The first kappa shape index (κ1) is 56.3. The normalized spacial score (nSPS) is 14.0. The molecule has 0 atom stereocenters.